The number of anilines is 1. The Balaban J connectivity index is 1.71. The molecule has 1 N–H and O–H groups in total. The van der Waals surface area contributed by atoms with E-state index in [-0.39, 0.29) is 5.91 Å². The van der Waals surface area contributed by atoms with Crippen molar-refractivity contribution in [2.75, 3.05) is 12.4 Å². The summed E-state index contributed by atoms with van der Waals surface area (Å²) >= 11 is 1.40. The molecule has 2 aromatic carbocycles. The molecule has 0 aliphatic rings. The minimum atomic E-state index is -0.112. The van der Waals surface area contributed by atoms with Crippen molar-refractivity contribution in [3.05, 3.63) is 65.0 Å². The van der Waals surface area contributed by atoms with Crippen molar-refractivity contribution >= 4 is 44.1 Å². The zero-order valence-electron chi connectivity index (χ0n) is 13.9. The van der Waals surface area contributed by atoms with Gasteiger partial charge >= 0.3 is 0 Å². The number of pyridine rings is 1. The highest BCUT2D eigenvalue weighted by molar-refractivity contribution is 7.20. The third kappa shape index (κ3) is 2.94. The number of nitrogens with one attached hydrogen (secondary N) is 1. The summed E-state index contributed by atoms with van der Waals surface area (Å²) in [5.41, 5.74) is 2.75. The van der Waals surface area contributed by atoms with Crippen molar-refractivity contribution in [3.63, 3.8) is 0 Å². The molecule has 4 nitrogen and oxygen atoms in total. The maximum atomic E-state index is 12.6. The monoisotopic (exact) mass is 348 g/mol. The number of fused-ring (bicyclic) bond motifs is 2. The van der Waals surface area contributed by atoms with Crippen LogP contribution < -0.4 is 10.1 Å². The second-order valence-corrected chi connectivity index (χ2v) is 6.85. The Morgan fingerprint density at radius 1 is 1.08 bits per heavy atom. The van der Waals surface area contributed by atoms with Gasteiger partial charge in [-0.05, 0) is 48.9 Å². The number of amides is 1. The fourth-order valence-electron chi connectivity index (χ4n) is 2.75. The largest absolute Gasteiger partial charge is 0.497 e. The molecule has 5 heteroatoms. The van der Waals surface area contributed by atoms with Gasteiger partial charge in [0.05, 0.1) is 17.5 Å². The van der Waals surface area contributed by atoms with Crippen molar-refractivity contribution < 1.29 is 9.53 Å². The van der Waals surface area contributed by atoms with Crippen LogP contribution in [-0.4, -0.2) is 18.0 Å². The zero-order chi connectivity index (χ0) is 17.4. The molecule has 4 aromatic rings. The summed E-state index contributed by atoms with van der Waals surface area (Å²) in [6.07, 6.45) is 0. The Morgan fingerprint density at radius 3 is 2.72 bits per heavy atom. The first-order chi connectivity index (χ1) is 12.1. The van der Waals surface area contributed by atoms with E-state index in [4.69, 9.17) is 4.74 Å². The van der Waals surface area contributed by atoms with Gasteiger partial charge in [-0.3, -0.25) is 4.79 Å². The Hall–Kier alpha value is -2.92. The smallest absolute Gasteiger partial charge is 0.265 e. The molecular formula is C20H16N2O2S. The first-order valence-electron chi connectivity index (χ1n) is 7.89. The molecule has 4 rings (SSSR count). The Morgan fingerprint density at radius 2 is 1.92 bits per heavy atom. The number of aryl methyl sites for hydroxylation is 1. The number of carbonyl (C=O) groups excluding carboxylic acids is 1. The first kappa shape index (κ1) is 15.6. The Labute approximate surface area is 149 Å². The highest BCUT2D eigenvalue weighted by Gasteiger charge is 2.13. The molecule has 2 aromatic heterocycles. The number of nitrogens with zero attached hydrogens (tertiary/aromatic N) is 1. The number of carbonyl (C=O) groups is 1. The molecule has 0 bridgehead atoms. The molecule has 25 heavy (non-hydrogen) atoms. The Kier molecular flexibility index (Phi) is 3.86. The van der Waals surface area contributed by atoms with Crippen molar-refractivity contribution in [1.29, 1.82) is 0 Å². The van der Waals surface area contributed by atoms with E-state index in [0.29, 0.717) is 4.88 Å². The number of para-hydroxylation sites is 1. The van der Waals surface area contributed by atoms with Crippen LogP contribution in [0.25, 0.3) is 21.1 Å². The molecule has 0 fully saturated rings. The predicted octanol–water partition coefficient (Wildman–Crippen LogP) is 5.02. The van der Waals surface area contributed by atoms with Gasteiger partial charge in [-0.25, -0.2) is 4.98 Å². The SMILES string of the molecule is COc1ccc2nc3sc(C(=O)Nc4ccccc4C)cc3cc2c1. The summed E-state index contributed by atoms with van der Waals surface area (Å²) in [7, 11) is 1.64. The van der Waals surface area contributed by atoms with Gasteiger partial charge < -0.3 is 10.1 Å². The summed E-state index contributed by atoms with van der Waals surface area (Å²) < 4.78 is 5.27. The van der Waals surface area contributed by atoms with Crippen LogP contribution in [0.1, 0.15) is 15.2 Å². The lowest BCUT2D eigenvalue weighted by molar-refractivity contribution is 0.103. The quantitative estimate of drug-likeness (QED) is 0.566. The van der Waals surface area contributed by atoms with Crippen LogP contribution in [0.3, 0.4) is 0 Å². The predicted molar refractivity (Wildman–Crippen MR) is 103 cm³/mol. The van der Waals surface area contributed by atoms with E-state index in [1.165, 1.54) is 11.3 Å². The van der Waals surface area contributed by atoms with E-state index in [1.54, 1.807) is 7.11 Å². The second-order valence-electron chi connectivity index (χ2n) is 5.82. The minimum absolute atomic E-state index is 0.112. The van der Waals surface area contributed by atoms with E-state index in [9.17, 15) is 4.79 Å². The summed E-state index contributed by atoms with van der Waals surface area (Å²) in [6, 6.07) is 17.4. The van der Waals surface area contributed by atoms with Crippen molar-refractivity contribution in [2.45, 2.75) is 6.92 Å². The van der Waals surface area contributed by atoms with Gasteiger partial charge in [-0.1, -0.05) is 18.2 Å². The molecular weight excluding hydrogens is 332 g/mol. The van der Waals surface area contributed by atoms with Crippen molar-refractivity contribution in [1.82, 2.24) is 4.98 Å². The van der Waals surface area contributed by atoms with Crippen LogP contribution in [0, 0.1) is 6.92 Å². The van der Waals surface area contributed by atoms with E-state index in [0.717, 1.165) is 38.1 Å². The van der Waals surface area contributed by atoms with Gasteiger partial charge in [0.1, 0.15) is 10.6 Å². The molecule has 1 amide bonds. The molecule has 0 unspecified atom stereocenters. The summed E-state index contributed by atoms with van der Waals surface area (Å²) in [4.78, 5) is 18.7. The number of ether oxygens (including phenoxy) is 1. The van der Waals surface area contributed by atoms with Crippen molar-refractivity contribution in [2.24, 2.45) is 0 Å². The van der Waals surface area contributed by atoms with Gasteiger partial charge in [-0.2, -0.15) is 0 Å². The average molecular weight is 348 g/mol. The van der Waals surface area contributed by atoms with Gasteiger partial charge in [-0.15, -0.1) is 11.3 Å². The number of methoxy groups -OCH3 is 1. The van der Waals surface area contributed by atoms with Gasteiger partial charge in [0.25, 0.3) is 5.91 Å². The van der Waals surface area contributed by atoms with E-state index >= 15 is 0 Å². The topological polar surface area (TPSA) is 51.2 Å². The molecule has 0 aliphatic carbocycles. The summed E-state index contributed by atoms with van der Waals surface area (Å²) in [5, 5.41) is 4.93. The number of benzene rings is 2. The number of aromatic nitrogens is 1. The van der Waals surface area contributed by atoms with Gasteiger partial charge in [0.2, 0.25) is 0 Å². The van der Waals surface area contributed by atoms with Crippen LogP contribution in [0.4, 0.5) is 5.69 Å². The number of hydrogen-bond acceptors (Lipinski definition) is 4. The lowest BCUT2D eigenvalue weighted by atomic mass is 10.2. The third-order valence-electron chi connectivity index (χ3n) is 4.12. The molecule has 0 saturated carbocycles. The van der Waals surface area contributed by atoms with Crippen LogP contribution in [0.2, 0.25) is 0 Å². The van der Waals surface area contributed by atoms with Gasteiger partial charge in [0.15, 0.2) is 0 Å². The Bertz CT molecular complexity index is 1100. The van der Waals surface area contributed by atoms with E-state index in [2.05, 4.69) is 10.3 Å². The number of hydrogen-bond donors (Lipinski definition) is 1. The van der Waals surface area contributed by atoms with Gasteiger partial charge in [0, 0.05) is 16.5 Å². The minimum Gasteiger partial charge on any atom is -0.497 e. The fourth-order valence-corrected chi connectivity index (χ4v) is 3.67. The molecule has 124 valence electrons. The number of thiophene rings is 1. The average Bonchev–Trinajstić information content (AvgIpc) is 3.04. The highest BCUT2D eigenvalue weighted by Crippen LogP contribution is 2.29. The van der Waals surface area contributed by atoms with Crippen LogP contribution >= 0.6 is 11.3 Å². The van der Waals surface area contributed by atoms with Crippen LogP contribution in [0.5, 0.6) is 5.75 Å². The molecule has 0 aliphatic heterocycles. The normalized spacial score (nSPS) is 11.0. The molecule has 2 heterocycles. The van der Waals surface area contributed by atoms with E-state index < -0.39 is 0 Å². The first-order valence-corrected chi connectivity index (χ1v) is 8.71. The lowest BCUT2D eigenvalue weighted by Gasteiger charge is -2.06. The third-order valence-corrected chi connectivity index (χ3v) is 5.17. The number of rotatable bonds is 3. The molecule has 0 atom stereocenters. The molecule has 0 spiro atoms. The lowest BCUT2D eigenvalue weighted by Crippen LogP contribution is -2.10. The maximum Gasteiger partial charge on any atom is 0.265 e. The van der Waals surface area contributed by atoms with E-state index in [1.807, 2.05) is 61.5 Å². The molecule has 0 saturated heterocycles. The standard InChI is InChI=1S/C20H16N2O2S/c1-12-5-3-4-6-16(12)21-19(23)18-11-14-9-13-10-15(24-2)7-8-17(13)22-20(14)25-18/h3-11H,1-2H3,(H,21,23). The maximum absolute atomic E-state index is 12.6. The summed E-state index contributed by atoms with van der Waals surface area (Å²) in [6.45, 7) is 1.97. The molecule has 0 radical (unpaired) electrons. The summed E-state index contributed by atoms with van der Waals surface area (Å²) in [5.74, 6) is 0.681. The van der Waals surface area contributed by atoms with Crippen LogP contribution in [-0.2, 0) is 0 Å². The zero-order valence-corrected chi connectivity index (χ0v) is 14.7. The van der Waals surface area contributed by atoms with Crippen molar-refractivity contribution in [3.8, 4) is 5.75 Å². The van der Waals surface area contributed by atoms with Crippen LogP contribution in [0.15, 0.2) is 54.6 Å². The fraction of sp³-hybridized carbons (Fsp3) is 0.100. The highest BCUT2D eigenvalue weighted by atomic mass is 32.1. The second kappa shape index (κ2) is 6.18.